The van der Waals surface area contributed by atoms with Crippen LogP contribution in [0.1, 0.15) is 47.9 Å². The Kier molecular flexibility index (Phi) is 8.42. The fourth-order valence-corrected chi connectivity index (χ4v) is 4.49. The average molecular weight is 490 g/mol. The van der Waals surface area contributed by atoms with Crippen LogP contribution in [-0.2, 0) is 16.0 Å². The van der Waals surface area contributed by atoms with Crippen LogP contribution in [-0.4, -0.2) is 31.2 Å². The van der Waals surface area contributed by atoms with Gasteiger partial charge in [-0.3, -0.25) is 4.79 Å². The number of amides is 1. The molecule has 1 aliphatic heterocycles. The Morgan fingerprint density at radius 3 is 2.64 bits per heavy atom. The standard InChI is InChI=1S/C29H29F2N3O2/c1-19-18-36-24(17-33-19)12-13-25-27(31)6-3-7-28(25)34-29(35)15-26(21-8-10-23(30)11-9-21)22-5-2-4-20(14-22)16-32/h2-11,14,19,24,26,33H,12-13,15,17-18H2,1H3,(H,34,35)/t19-,24+,26-/m0/s1. The molecule has 3 atom stereocenters. The highest BCUT2D eigenvalue weighted by Gasteiger charge is 2.22. The first-order chi connectivity index (χ1) is 17.4. The fraction of sp³-hybridized carbons (Fsp3) is 0.310. The van der Waals surface area contributed by atoms with Gasteiger partial charge in [-0.1, -0.05) is 30.3 Å². The molecule has 186 valence electrons. The summed E-state index contributed by atoms with van der Waals surface area (Å²) in [5, 5.41) is 15.6. The van der Waals surface area contributed by atoms with Crippen LogP contribution >= 0.6 is 0 Å². The average Bonchev–Trinajstić information content (AvgIpc) is 2.88. The molecular weight excluding hydrogens is 460 g/mol. The maximum Gasteiger partial charge on any atom is 0.225 e. The lowest BCUT2D eigenvalue weighted by Gasteiger charge is -2.28. The van der Waals surface area contributed by atoms with E-state index in [1.165, 1.54) is 18.2 Å². The lowest BCUT2D eigenvalue weighted by molar-refractivity contribution is -0.116. The normalized spacial score (nSPS) is 18.3. The molecule has 1 saturated heterocycles. The molecule has 0 saturated carbocycles. The molecule has 0 spiro atoms. The van der Waals surface area contributed by atoms with E-state index in [2.05, 4.69) is 23.6 Å². The molecular formula is C29H29F2N3O2. The number of benzene rings is 3. The molecule has 3 aromatic rings. The third-order valence-corrected chi connectivity index (χ3v) is 6.47. The fourth-order valence-electron chi connectivity index (χ4n) is 4.49. The van der Waals surface area contributed by atoms with E-state index >= 15 is 0 Å². The number of nitrogens with one attached hydrogen (secondary N) is 2. The van der Waals surface area contributed by atoms with Gasteiger partial charge in [0, 0.05) is 36.2 Å². The van der Waals surface area contributed by atoms with Crippen LogP contribution in [0.2, 0.25) is 0 Å². The van der Waals surface area contributed by atoms with E-state index in [0.717, 1.165) is 11.1 Å². The SMILES string of the molecule is C[C@H]1CO[C@H](CCc2c(F)cccc2NC(=O)C[C@@H](c2ccc(F)cc2)c2cccc(C#N)c2)CN1. The maximum absolute atomic E-state index is 14.8. The highest BCUT2D eigenvalue weighted by molar-refractivity contribution is 5.92. The van der Waals surface area contributed by atoms with Gasteiger partial charge in [-0.05, 0) is 67.3 Å². The van der Waals surface area contributed by atoms with E-state index < -0.39 is 5.92 Å². The van der Waals surface area contributed by atoms with Gasteiger partial charge in [-0.2, -0.15) is 5.26 Å². The highest BCUT2D eigenvalue weighted by atomic mass is 19.1. The van der Waals surface area contributed by atoms with Crippen molar-refractivity contribution in [3.63, 3.8) is 0 Å². The zero-order valence-electron chi connectivity index (χ0n) is 20.1. The number of carbonyl (C=O) groups excluding carboxylic acids is 1. The van der Waals surface area contributed by atoms with Crippen molar-refractivity contribution in [3.05, 3.63) is 101 Å². The highest BCUT2D eigenvalue weighted by Crippen LogP contribution is 2.30. The molecule has 0 radical (unpaired) electrons. The number of anilines is 1. The van der Waals surface area contributed by atoms with Gasteiger partial charge >= 0.3 is 0 Å². The molecule has 0 aliphatic carbocycles. The predicted molar refractivity (Wildman–Crippen MR) is 135 cm³/mol. The minimum absolute atomic E-state index is 0.0142. The number of nitriles is 1. The van der Waals surface area contributed by atoms with Gasteiger partial charge in [0.15, 0.2) is 0 Å². The summed E-state index contributed by atoms with van der Waals surface area (Å²) >= 11 is 0. The van der Waals surface area contributed by atoms with Crippen LogP contribution in [0.25, 0.3) is 0 Å². The van der Waals surface area contributed by atoms with Crippen molar-refractivity contribution < 1.29 is 18.3 Å². The Bertz CT molecular complexity index is 1230. The molecule has 7 heteroatoms. The zero-order chi connectivity index (χ0) is 25.5. The summed E-state index contributed by atoms with van der Waals surface area (Å²) in [7, 11) is 0. The third kappa shape index (κ3) is 6.54. The summed E-state index contributed by atoms with van der Waals surface area (Å²) in [6, 6.07) is 20.1. The zero-order valence-corrected chi connectivity index (χ0v) is 20.1. The van der Waals surface area contributed by atoms with Gasteiger partial charge in [-0.25, -0.2) is 8.78 Å². The quantitative estimate of drug-likeness (QED) is 0.450. The lowest BCUT2D eigenvalue weighted by Crippen LogP contribution is -2.44. The van der Waals surface area contributed by atoms with E-state index in [9.17, 15) is 18.8 Å². The van der Waals surface area contributed by atoms with Gasteiger partial charge in [0.2, 0.25) is 5.91 Å². The number of nitrogens with zero attached hydrogens (tertiary/aromatic N) is 1. The Balaban J connectivity index is 1.51. The molecule has 0 bridgehead atoms. The van der Waals surface area contributed by atoms with Crippen molar-refractivity contribution in [2.45, 2.75) is 44.2 Å². The largest absolute Gasteiger partial charge is 0.375 e. The number of halogens is 2. The summed E-state index contributed by atoms with van der Waals surface area (Å²) in [4.78, 5) is 13.2. The van der Waals surface area contributed by atoms with Crippen LogP contribution in [0.5, 0.6) is 0 Å². The van der Waals surface area contributed by atoms with Crippen LogP contribution in [0.15, 0.2) is 66.7 Å². The Hall–Kier alpha value is -3.60. The first kappa shape index (κ1) is 25.5. The van der Waals surface area contributed by atoms with Gasteiger partial charge in [-0.15, -0.1) is 0 Å². The van der Waals surface area contributed by atoms with E-state index in [-0.39, 0.29) is 30.1 Å². The van der Waals surface area contributed by atoms with Gasteiger partial charge in [0.25, 0.3) is 0 Å². The molecule has 1 heterocycles. The monoisotopic (exact) mass is 489 g/mol. The van der Waals surface area contributed by atoms with Crippen molar-refractivity contribution >= 4 is 11.6 Å². The van der Waals surface area contributed by atoms with Crippen molar-refractivity contribution in [3.8, 4) is 6.07 Å². The molecule has 3 aromatic carbocycles. The number of morpholine rings is 1. The van der Waals surface area contributed by atoms with E-state index in [1.54, 1.807) is 42.5 Å². The Morgan fingerprint density at radius 2 is 1.92 bits per heavy atom. The second kappa shape index (κ2) is 11.9. The number of ether oxygens (including phenoxy) is 1. The van der Waals surface area contributed by atoms with E-state index in [0.29, 0.717) is 48.8 Å². The summed E-state index contributed by atoms with van der Waals surface area (Å²) in [6.45, 7) is 3.37. The molecule has 1 fully saturated rings. The second-order valence-electron chi connectivity index (χ2n) is 9.16. The third-order valence-electron chi connectivity index (χ3n) is 6.47. The molecule has 1 amide bonds. The smallest absolute Gasteiger partial charge is 0.225 e. The molecule has 36 heavy (non-hydrogen) atoms. The lowest BCUT2D eigenvalue weighted by atomic mass is 9.87. The van der Waals surface area contributed by atoms with Crippen LogP contribution < -0.4 is 10.6 Å². The maximum atomic E-state index is 14.8. The van der Waals surface area contributed by atoms with Crippen molar-refractivity contribution in [2.24, 2.45) is 0 Å². The minimum Gasteiger partial charge on any atom is -0.375 e. The minimum atomic E-state index is -0.403. The Labute approximate surface area is 210 Å². The van der Waals surface area contributed by atoms with E-state index in [4.69, 9.17) is 4.74 Å². The van der Waals surface area contributed by atoms with Crippen molar-refractivity contribution in [1.82, 2.24) is 5.32 Å². The number of rotatable bonds is 8. The van der Waals surface area contributed by atoms with Crippen LogP contribution in [0, 0.1) is 23.0 Å². The van der Waals surface area contributed by atoms with Gasteiger partial charge in [0.05, 0.1) is 24.3 Å². The molecule has 2 N–H and O–H groups in total. The molecule has 4 rings (SSSR count). The molecule has 1 aliphatic rings. The number of hydrogen-bond donors (Lipinski definition) is 2. The molecule has 0 aromatic heterocycles. The Morgan fingerprint density at radius 1 is 1.14 bits per heavy atom. The van der Waals surface area contributed by atoms with Gasteiger partial charge < -0.3 is 15.4 Å². The topological polar surface area (TPSA) is 74.1 Å². The predicted octanol–water partition coefficient (Wildman–Crippen LogP) is 5.31. The molecule has 5 nitrogen and oxygen atoms in total. The summed E-state index contributed by atoms with van der Waals surface area (Å²) in [5.74, 6) is -1.45. The van der Waals surface area contributed by atoms with Crippen molar-refractivity contribution in [1.29, 1.82) is 5.26 Å². The number of carbonyl (C=O) groups is 1. The summed E-state index contributed by atoms with van der Waals surface area (Å²) < 4.78 is 34.1. The molecule has 0 unspecified atom stereocenters. The first-order valence-corrected chi connectivity index (χ1v) is 12.1. The van der Waals surface area contributed by atoms with Crippen molar-refractivity contribution in [2.75, 3.05) is 18.5 Å². The van der Waals surface area contributed by atoms with E-state index in [1.807, 2.05) is 6.07 Å². The van der Waals surface area contributed by atoms with Crippen LogP contribution in [0.3, 0.4) is 0 Å². The number of hydrogen-bond acceptors (Lipinski definition) is 4. The van der Waals surface area contributed by atoms with Gasteiger partial charge in [0.1, 0.15) is 11.6 Å². The first-order valence-electron chi connectivity index (χ1n) is 12.1. The summed E-state index contributed by atoms with van der Waals surface area (Å²) in [5.41, 5.74) is 2.86. The second-order valence-corrected chi connectivity index (χ2v) is 9.16. The van der Waals surface area contributed by atoms with Crippen LogP contribution in [0.4, 0.5) is 14.5 Å². The summed E-state index contributed by atoms with van der Waals surface area (Å²) in [6.07, 6.45) is 1.08.